The van der Waals surface area contributed by atoms with E-state index in [0.29, 0.717) is 12.5 Å². The van der Waals surface area contributed by atoms with Gasteiger partial charge in [0.15, 0.2) is 5.96 Å². The minimum atomic E-state index is -0.396. The molecule has 1 heterocycles. The topological polar surface area (TPSA) is 88.8 Å². The van der Waals surface area contributed by atoms with E-state index in [1.807, 2.05) is 0 Å². The third-order valence-electron chi connectivity index (χ3n) is 3.69. The molecule has 1 aliphatic heterocycles. The molecule has 1 aromatic rings. The Morgan fingerprint density at radius 2 is 2.17 bits per heavy atom. The van der Waals surface area contributed by atoms with Crippen molar-refractivity contribution in [3.63, 3.8) is 0 Å². The summed E-state index contributed by atoms with van der Waals surface area (Å²) in [4.78, 5) is 14.8. The normalized spacial score (nSPS) is 18.0. The van der Waals surface area contributed by atoms with E-state index in [-0.39, 0.29) is 5.69 Å². The minimum Gasteiger partial charge on any atom is -0.381 e. The molecule has 2 rings (SSSR count). The molecule has 1 aromatic carbocycles. The van der Waals surface area contributed by atoms with E-state index < -0.39 is 4.92 Å². The lowest BCUT2D eigenvalue weighted by molar-refractivity contribution is -0.384. The van der Waals surface area contributed by atoms with Crippen molar-refractivity contribution in [2.45, 2.75) is 26.3 Å². The first-order valence-electron chi connectivity index (χ1n) is 8.02. The van der Waals surface area contributed by atoms with Crippen molar-refractivity contribution in [1.82, 2.24) is 10.6 Å². The highest BCUT2D eigenvalue weighted by molar-refractivity contribution is 5.79. The van der Waals surface area contributed by atoms with E-state index in [4.69, 9.17) is 4.74 Å². The fourth-order valence-corrected chi connectivity index (χ4v) is 2.30. The van der Waals surface area contributed by atoms with Crippen molar-refractivity contribution in [3.8, 4) is 0 Å². The highest BCUT2D eigenvalue weighted by atomic mass is 16.6. The Morgan fingerprint density at radius 1 is 1.39 bits per heavy atom. The highest BCUT2D eigenvalue weighted by Gasteiger charge is 2.15. The smallest absolute Gasteiger partial charge is 0.269 e. The highest BCUT2D eigenvalue weighted by Crippen LogP contribution is 2.13. The number of nitro groups is 1. The number of rotatable bonds is 7. The van der Waals surface area contributed by atoms with Crippen molar-refractivity contribution in [1.29, 1.82) is 0 Å². The molecule has 126 valence electrons. The van der Waals surface area contributed by atoms with E-state index in [0.717, 1.165) is 50.7 Å². The molecule has 0 radical (unpaired) electrons. The fourth-order valence-electron chi connectivity index (χ4n) is 2.30. The predicted molar refractivity (Wildman–Crippen MR) is 89.5 cm³/mol. The van der Waals surface area contributed by atoms with Crippen molar-refractivity contribution in [2.75, 3.05) is 26.3 Å². The zero-order chi connectivity index (χ0) is 16.5. The van der Waals surface area contributed by atoms with Gasteiger partial charge in [0, 0.05) is 37.7 Å². The number of non-ortho nitro benzene ring substituents is 1. The van der Waals surface area contributed by atoms with Crippen LogP contribution in [0.25, 0.3) is 0 Å². The van der Waals surface area contributed by atoms with Crippen LogP contribution in [0, 0.1) is 16.0 Å². The second-order valence-electron chi connectivity index (χ2n) is 5.63. The largest absolute Gasteiger partial charge is 0.381 e. The molecule has 0 saturated carbocycles. The van der Waals surface area contributed by atoms with E-state index >= 15 is 0 Å². The second kappa shape index (κ2) is 9.09. The molecule has 0 aliphatic carbocycles. The molecule has 1 saturated heterocycles. The first-order chi connectivity index (χ1) is 11.2. The molecule has 0 spiro atoms. The van der Waals surface area contributed by atoms with Gasteiger partial charge in [-0.2, -0.15) is 0 Å². The number of nitrogens with zero attached hydrogens (tertiary/aromatic N) is 2. The molecule has 1 unspecified atom stereocenters. The Labute approximate surface area is 136 Å². The average Bonchev–Trinajstić information content (AvgIpc) is 3.08. The summed E-state index contributed by atoms with van der Waals surface area (Å²) in [6, 6.07) is 6.49. The zero-order valence-corrected chi connectivity index (χ0v) is 13.5. The number of aliphatic imine (C=N–C) groups is 1. The Bertz CT molecular complexity index is 525. The average molecular weight is 320 g/mol. The van der Waals surface area contributed by atoms with E-state index in [1.165, 1.54) is 12.1 Å². The van der Waals surface area contributed by atoms with Gasteiger partial charge in [0.1, 0.15) is 0 Å². The summed E-state index contributed by atoms with van der Waals surface area (Å²) in [6.07, 6.45) is 2.10. The lowest BCUT2D eigenvalue weighted by Crippen LogP contribution is -2.40. The molecule has 7 heteroatoms. The van der Waals surface area contributed by atoms with Crippen molar-refractivity contribution in [3.05, 3.63) is 39.9 Å². The van der Waals surface area contributed by atoms with Gasteiger partial charge in [0.05, 0.1) is 18.1 Å². The van der Waals surface area contributed by atoms with E-state index in [2.05, 4.69) is 22.5 Å². The van der Waals surface area contributed by atoms with Crippen LogP contribution < -0.4 is 10.6 Å². The zero-order valence-electron chi connectivity index (χ0n) is 13.5. The molecule has 0 bridgehead atoms. The van der Waals surface area contributed by atoms with Gasteiger partial charge in [-0.05, 0) is 18.4 Å². The van der Waals surface area contributed by atoms with Gasteiger partial charge >= 0.3 is 0 Å². The Morgan fingerprint density at radius 3 is 2.78 bits per heavy atom. The lowest BCUT2D eigenvalue weighted by Gasteiger charge is -2.14. The summed E-state index contributed by atoms with van der Waals surface area (Å²) in [6.45, 7) is 5.92. The third kappa shape index (κ3) is 5.86. The van der Waals surface area contributed by atoms with Crippen LogP contribution >= 0.6 is 0 Å². The van der Waals surface area contributed by atoms with Gasteiger partial charge in [-0.3, -0.25) is 10.1 Å². The molecular formula is C16H24N4O3. The summed E-state index contributed by atoms with van der Waals surface area (Å²) < 4.78 is 5.38. The van der Waals surface area contributed by atoms with Crippen LogP contribution in [0.5, 0.6) is 0 Å². The number of guanidine groups is 1. The second-order valence-corrected chi connectivity index (χ2v) is 5.63. The molecule has 2 N–H and O–H groups in total. The minimum absolute atomic E-state index is 0.0985. The number of hydrogen-bond acceptors (Lipinski definition) is 4. The summed E-state index contributed by atoms with van der Waals surface area (Å²) in [5.74, 6) is 1.31. The van der Waals surface area contributed by atoms with Crippen LogP contribution in [0.1, 0.15) is 25.3 Å². The lowest BCUT2D eigenvalue weighted by atomic mass is 10.1. The monoisotopic (exact) mass is 320 g/mol. The standard InChI is InChI=1S/C16H24N4O3/c1-2-8-17-16(19-11-14-7-9-23-12-14)18-10-13-3-5-15(6-4-13)20(21)22/h3-6,14H,2,7-12H2,1H3,(H2,17,18,19). The maximum Gasteiger partial charge on any atom is 0.269 e. The van der Waals surface area contributed by atoms with Gasteiger partial charge in [0.25, 0.3) is 5.69 Å². The molecular weight excluding hydrogens is 296 g/mol. The van der Waals surface area contributed by atoms with Crippen LogP contribution in [0.15, 0.2) is 29.3 Å². The van der Waals surface area contributed by atoms with E-state index in [9.17, 15) is 10.1 Å². The molecule has 0 aromatic heterocycles. The van der Waals surface area contributed by atoms with Crippen LogP contribution in [0.2, 0.25) is 0 Å². The maximum atomic E-state index is 10.7. The van der Waals surface area contributed by atoms with Crippen molar-refractivity contribution < 1.29 is 9.66 Å². The van der Waals surface area contributed by atoms with E-state index in [1.54, 1.807) is 12.1 Å². The molecule has 7 nitrogen and oxygen atoms in total. The number of benzene rings is 1. The Hall–Kier alpha value is -2.15. The molecule has 23 heavy (non-hydrogen) atoms. The van der Waals surface area contributed by atoms with Crippen LogP contribution in [-0.4, -0.2) is 37.2 Å². The van der Waals surface area contributed by atoms with Gasteiger partial charge in [0.2, 0.25) is 0 Å². The molecule has 1 fully saturated rings. The van der Waals surface area contributed by atoms with Crippen LogP contribution in [0.4, 0.5) is 5.69 Å². The Kier molecular flexibility index (Phi) is 6.80. The molecule has 1 aliphatic rings. The third-order valence-corrected chi connectivity index (χ3v) is 3.69. The summed E-state index contributed by atoms with van der Waals surface area (Å²) in [7, 11) is 0. The molecule has 1 atom stereocenters. The van der Waals surface area contributed by atoms with Crippen molar-refractivity contribution >= 4 is 11.6 Å². The number of hydrogen-bond donors (Lipinski definition) is 2. The number of nitro benzene ring substituents is 1. The molecule has 0 amide bonds. The van der Waals surface area contributed by atoms with Gasteiger partial charge in [-0.1, -0.05) is 19.1 Å². The maximum absolute atomic E-state index is 10.7. The summed E-state index contributed by atoms with van der Waals surface area (Å²) in [5, 5.41) is 17.3. The van der Waals surface area contributed by atoms with Gasteiger partial charge in [-0.25, -0.2) is 4.99 Å². The van der Waals surface area contributed by atoms with Crippen molar-refractivity contribution in [2.24, 2.45) is 10.9 Å². The number of nitrogens with one attached hydrogen (secondary N) is 2. The predicted octanol–water partition coefficient (Wildman–Crippen LogP) is 2.08. The van der Waals surface area contributed by atoms with Crippen LogP contribution in [-0.2, 0) is 11.3 Å². The fraction of sp³-hybridized carbons (Fsp3) is 0.562. The first-order valence-corrected chi connectivity index (χ1v) is 8.02. The summed E-state index contributed by atoms with van der Waals surface area (Å²) >= 11 is 0. The SMILES string of the molecule is CCCNC(=NCc1ccc([N+](=O)[O-])cc1)NCC1CCOC1. The van der Waals surface area contributed by atoms with Crippen LogP contribution in [0.3, 0.4) is 0 Å². The Balaban J connectivity index is 1.90. The number of ether oxygens (including phenoxy) is 1. The van der Waals surface area contributed by atoms with Gasteiger partial charge in [-0.15, -0.1) is 0 Å². The quantitative estimate of drug-likeness (QED) is 0.347. The summed E-state index contributed by atoms with van der Waals surface area (Å²) in [5.41, 5.74) is 1.04. The first kappa shape index (κ1) is 17.2. The van der Waals surface area contributed by atoms with Gasteiger partial charge < -0.3 is 15.4 Å².